The number of nitrogens with zero attached hydrogens (tertiary/aromatic N) is 5. The summed E-state index contributed by atoms with van der Waals surface area (Å²) in [6.45, 7) is 2.38. The smallest absolute Gasteiger partial charge is 0.286 e. The zero-order chi connectivity index (χ0) is 19.4. The van der Waals surface area contributed by atoms with Crippen molar-refractivity contribution in [2.75, 3.05) is 45.7 Å². The first-order chi connectivity index (χ1) is 13.0. The molecule has 1 aromatic carbocycles. The molecule has 0 unspecified atom stereocenters. The molecule has 1 aliphatic rings. The maximum atomic E-state index is 12.7. The van der Waals surface area contributed by atoms with Crippen LogP contribution < -0.4 is 20.5 Å². The van der Waals surface area contributed by atoms with Gasteiger partial charge in [-0.1, -0.05) is 0 Å². The highest BCUT2D eigenvalue weighted by atomic mass is 16.5. The Labute approximate surface area is 157 Å². The van der Waals surface area contributed by atoms with Gasteiger partial charge < -0.3 is 19.9 Å². The highest BCUT2D eigenvalue weighted by Crippen LogP contribution is 2.28. The van der Waals surface area contributed by atoms with E-state index in [1.165, 1.54) is 4.57 Å². The number of fused-ring (bicyclic) bond motifs is 1. The summed E-state index contributed by atoms with van der Waals surface area (Å²) >= 11 is 0. The largest absolute Gasteiger partial charge is 0.497 e. The molecule has 0 radical (unpaired) electrons. The Morgan fingerprint density at radius 1 is 1.22 bits per heavy atom. The molecule has 0 aliphatic carbocycles. The number of benzene rings is 1. The number of anilines is 2. The van der Waals surface area contributed by atoms with Gasteiger partial charge in [-0.15, -0.1) is 10.2 Å². The molecule has 0 bridgehead atoms. The molecule has 144 valence electrons. The molecule has 9 heteroatoms. The monoisotopic (exact) mass is 372 g/mol. The van der Waals surface area contributed by atoms with E-state index in [4.69, 9.17) is 4.74 Å². The quantitative estimate of drug-likeness (QED) is 0.707. The Morgan fingerprint density at radius 3 is 2.63 bits per heavy atom. The second kappa shape index (κ2) is 8.17. The summed E-state index contributed by atoms with van der Waals surface area (Å²) < 4.78 is 6.66. The fourth-order valence-corrected chi connectivity index (χ4v) is 2.94. The minimum absolute atomic E-state index is 0.166. The van der Waals surface area contributed by atoms with Crippen LogP contribution in [0.15, 0.2) is 29.1 Å². The highest BCUT2D eigenvalue weighted by molar-refractivity contribution is 5.91. The van der Waals surface area contributed by atoms with E-state index >= 15 is 0 Å². The van der Waals surface area contributed by atoms with E-state index in [0.29, 0.717) is 25.6 Å². The first-order valence-electron chi connectivity index (χ1n) is 8.83. The third-order valence-electron chi connectivity index (χ3n) is 4.38. The van der Waals surface area contributed by atoms with Crippen LogP contribution in [0.1, 0.15) is 16.9 Å². The summed E-state index contributed by atoms with van der Waals surface area (Å²) in [7, 11) is 5.54. The number of hydrogen-bond donors (Lipinski definition) is 1. The molecule has 9 nitrogen and oxygen atoms in total. The van der Waals surface area contributed by atoms with Crippen LogP contribution in [0.2, 0.25) is 0 Å². The average Bonchev–Trinajstić information content (AvgIpc) is 3.10. The summed E-state index contributed by atoms with van der Waals surface area (Å²) in [5.74, 6) is 0.710. The summed E-state index contributed by atoms with van der Waals surface area (Å²) in [4.78, 5) is 28.9. The van der Waals surface area contributed by atoms with Crippen molar-refractivity contribution in [3.63, 3.8) is 0 Å². The van der Waals surface area contributed by atoms with Crippen molar-refractivity contribution < 1.29 is 9.53 Å². The number of hydrogen-bond acceptors (Lipinski definition) is 7. The van der Waals surface area contributed by atoms with Crippen LogP contribution in [0.4, 0.5) is 11.6 Å². The van der Waals surface area contributed by atoms with Gasteiger partial charge >= 0.3 is 0 Å². The third kappa shape index (κ3) is 4.08. The maximum absolute atomic E-state index is 12.7. The van der Waals surface area contributed by atoms with Gasteiger partial charge in [0.15, 0.2) is 0 Å². The Hall–Kier alpha value is -2.94. The van der Waals surface area contributed by atoms with Gasteiger partial charge in [0.25, 0.3) is 11.5 Å². The van der Waals surface area contributed by atoms with Crippen LogP contribution in [0.5, 0.6) is 5.75 Å². The normalized spacial score (nSPS) is 13.0. The topological polar surface area (TPSA) is 92.6 Å². The van der Waals surface area contributed by atoms with Crippen molar-refractivity contribution >= 4 is 17.5 Å². The van der Waals surface area contributed by atoms with Crippen molar-refractivity contribution in [3.8, 4) is 5.75 Å². The number of nitrogens with one attached hydrogen (secondary N) is 1. The number of amides is 1. The van der Waals surface area contributed by atoms with E-state index in [-0.39, 0.29) is 5.69 Å². The number of aromatic nitrogens is 3. The van der Waals surface area contributed by atoms with Crippen molar-refractivity contribution in [2.24, 2.45) is 0 Å². The van der Waals surface area contributed by atoms with Gasteiger partial charge in [0.05, 0.1) is 7.11 Å². The van der Waals surface area contributed by atoms with E-state index in [2.05, 4.69) is 15.5 Å². The Kier molecular flexibility index (Phi) is 5.70. The second-order valence-corrected chi connectivity index (χ2v) is 6.57. The highest BCUT2D eigenvalue weighted by Gasteiger charge is 2.27. The van der Waals surface area contributed by atoms with Crippen LogP contribution in [0.25, 0.3) is 0 Å². The number of carbonyl (C=O) groups excluding carboxylic acids is 1. The number of ether oxygens (including phenoxy) is 1. The van der Waals surface area contributed by atoms with Crippen LogP contribution in [0.3, 0.4) is 0 Å². The van der Waals surface area contributed by atoms with Crippen molar-refractivity contribution in [1.29, 1.82) is 0 Å². The predicted octanol–water partition coefficient (Wildman–Crippen LogP) is 0.480. The van der Waals surface area contributed by atoms with E-state index in [9.17, 15) is 9.59 Å². The lowest BCUT2D eigenvalue weighted by Crippen LogP contribution is -2.35. The lowest BCUT2D eigenvalue weighted by atomic mass is 10.3. The third-order valence-corrected chi connectivity index (χ3v) is 4.38. The van der Waals surface area contributed by atoms with Crippen molar-refractivity contribution in [3.05, 3.63) is 40.3 Å². The van der Waals surface area contributed by atoms with E-state index < -0.39 is 11.5 Å². The van der Waals surface area contributed by atoms with Crippen molar-refractivity contribution in [1.82, 2.24) is 25.0 Å². The van der Waals surface area contributed by atoms with E-state index in [1.807, 2.05) is 48.2 Å². The molecular weight excluding hydrogens is 348 g/mol. The zero-order valence-electron chi connectivity index (χ0n) is 15.8. The summed E-state index contributed by atoms with van der Waals surface area (Å²) in [6.07, 6.45) is 0.795. The predicted molar refractivity (Wildman–Crippen MR) is 102 cm³/mol. The fourth-order valence-electron chi connectivity index (χ4n) is 2.94. The number of methoxy groups -OCH3 is 1. The first-order valence-corrected chi connectivity index (χ1v) is 8.83. The number of rotatable bonds is 7. The molecule has 1 aliphatic heterocycles. The summed E-state index contributed by atoms with van der Waals surface area (Å²) in [5, 5.41) is 10.8. The van der Waals surface area contributed by atoms with E-state index in [1.54, 1.807) is 7.11 Å². The number of carbonyl (C=O) groups is 1. The van der Waals surface area contributed by atoms with Gasteiger partial charge in [-0.25, -0.2) is 0 Å². The lowest BCUT2D eigenvalue weighted by molar-refractivity contribution is 0.0944. The lowest BCUT2D eigenvalue weighted by Gasteiger charge is -2.17. The molecule has 1 amide bonds. The summed E-state index contributed by atoms with van der Waals surface area (Å²) in [6, 6.07) is 7.48. The first kappa shape index (κ1) is 18.8. The van der Waals surface area contributed by atoms with Crippen LogP contribution in [0, 0.1) is 0 Å². The van der Waals surface area contributed by atoms with Crippen LogP contribution in [-0.2, 0) is 6.54 Å². The SMILES string of the molecule is COc1ccc(N2CCn3c2nnc(C(=O)NCCCN(C)C)c3=O)cc1. The van der Waals surface area contributed by atoms with Gasteiger partial charge in [0, 0.05) is 25.3 Å². The molecule has 1 aromatic heterocycles. The molecule has 0 spiro atoms. The Morgan fingerprint density at radius 2 is 1.96 bits per heavy atom. The maximum Gasteiger partial charge on any atom is 0.286 e. The average molecular weight is 372 g/mol. The minimum Gasteiger partial charge on any atom is -0.497 e. The van der Waals surface area contributed by atoms with Gasteiger partial charge in [-0.05, 0) is 51.3 Å². The summed E-state index contributed by atoms with van der Waals surface area (Å²) in [5.41, 5.74) is 0.304. The molecule has 2 heterocycles. The van der Waals surface area contributed by atoms with E-state index in [0.717, 1.165) is 24.4 Å². The Bertz CT molecular complexity index is 862. The zero-order valence-corrected chi connectivity index (χ0v) is 15.8. The van der Waals surface area contributed by atoms with Gasteiger partial charge in [0.1, 0.15) is 5.75 Å². The molecule has 3 rings (SSSR count). The molecule has 0 saturated carbocycles. The Balaban J connectivity index is 1.75. The fraction of sp³-hybridized carbons (Fsp3) is 0.444. The van der Waals surface area contributed by atoms with Crippen LogP contribution >= 0.6 is 0 Å². The van der Waals surface area contributed by atoms with Crippen LogP contribution in [-0.4, -0.2) is 66.4 Å². The standard InChI is InChI=1S/C18H24N6O3/c1-22(2)10-4-9-19-16(25)15-17(26)24-12-11-23(18(24)21-20-15)13-5-7-14(27-3)8-6-13/h5-8H,4,9-12H2,1-3H3,(H,19,25). The second-order valence-electron chi connectivity index (χ2n) is 6.57. The minimum atomic E-state index is -0.482. The van der Waals surface area contributed by atoms with Gasteiger partial charge in [0.2, 0.25) is 11.6 Å². The van der Waals surface area contributed by atoms with Crippen molar-refractivity contribution in [2.45, 2.75) is 13.0 Å². The van der Waals surface area contributed by atoms with Gasteiger partial charge in [-0.2, -0.15) is 0 Å². The van der Waals surface area contributed by atoms with Gasteiger partial charge in [-0.3, -0.25) is 14.2 Å². The molecular formula is C18H24N6O3. The molecule has 1 N–H and O–H groups in total. The molecule has 0 fully saturated rings. The molecule has 27 heavy (non-hydrogen) atoms. The molecule has 0 saturated heterocycles. The molecule has 0 atom stereocenters. The molecule has 2 aromatic rings.